The number of benzene rings is 1. The Morgan fingerprint density at radius 3 is 2.64 bits per heavy atom. The SMILES string of the molecule is O=c1[nH]c(=O)c2ccc(Br)c(F)c2[nH]1. The second kappa shape index (κ2) is 3.06. The van der Waals surface area contributed by atoms with E-state index >= 15 is 0 Å². The van der Waals surface area contributed by atoms with Gasteiger partial charge in [-0.1, -0.05) is 0 Å². The average Bonchev–Trinajstić information content (AvgIpc) is 2.12. The van der Waals surface area contributed by atoms with Crippen molar-refractivity contribution < 1.29 is 4.39 Å². The molecule has 0 saturated heterocycles. The highest BCUT2D eigenvalue weighted by molar-refractivity contribution is 9.10. The maximum atomic E-state index is 13.4. The van der Waals surface area contributed by atoms with Crippen molar-refractivity contribution in [2.75, 3.05) is 0 Å². The lowest BCUT2D eigenvalue weighted by Crippen LogP contribution is -2.22. The van der Waals surface area contributed by atoms with Crippen LogP contribution in [0.2, 0.25) is 0 Å². The molecule has 0 aliphatic rings. The maximum Gasteiger partial charge on any atom is 0.326 e. The summed E-state index contributed by atoms with van der Waals surface area (Å²) in [6.07, 6.45) is 0. The maximum absolute atomic E-state index is 13.4. The molecule has 4 nitrogen and oxygen atoms in total. The number of hydrogen-bond acceptors (Lipinski definition) is 2. The van der Waals surface area contributed by atoms with Gasteiger partial charge in [0.25, 0.3) is 5.56 Å². The molecule has 6 heteroatoms. The van der Waals surface area contributed by atoms with Gasteiger partial charge in [-0.3, -0.25) is 9.78 Å². The predicted molar refractivity (Wildman–Crippen MR) is 52.8 cm³/mol. The van der Waals surface area contributed by atoms with E-state index in [2.05, 4.69) is 20.9 Å². The third kappa shape index (κ3) is 1.27. The van der Waals surface area contributed by atoms with E-state index in [4.69, 9.17) is 0 Å². The first-order valence-corrected chi connectivity index (χ1v) is 4.49. The molecule has 0 aliphatic heterocycles. The molecule has 1 heterocycles. The molecule has 0 radical (unpaired) electrons. The van der Waals surface area contributed by atoms with Gasteiger partial charge in [0, 0.05) is 0 Å². The number of hydrogen-bond donors (Lipinski definition) is 2. The monoisotopic (exact) mass is 258 g/mol. The minimum Gasteiger partial charge on any atom is -0.304 e. The van der Waals surface area contributed by atoms with Crippen molar-refractivity contribution in [3.8, 4) is 0 Å². The number of aromatic amines is 2. The second-order valence-corrected chi connectivity index (χ2v) is 3.55. The molecule has 0 atom stereocenters. The number of rotatable bonds is 0. The molecule has 0 saturated carbocycles. The fourth-order valence-electron chi connectivity index (χ4n) is 1.18. The zero-order valence-electron chi connectivity index (χ0n) is 6.73. The third-order valence-corrected chi connectivity index (χ3v) is 2.42. The fraction of sp³-hybridized carbons (Fsp3) is 0. The van der Waals surface area contributed by atoms with Gasteiger partial charge in [-0.25, -0.2) is 9.18 Å². The van der Waals surface area contributed by atoms with Gasteiger partial charge in [0.05, 0.1) is 15.4 Å². The first kappa shape index (κ1) is 9.14. The van der Waals surface area contributed by atoms with Gasteiger partial charge in [-0.2, -0.15) is 0 Å². The number of fused-ring (bicyclic) bond motifs is 1. The summed E-state index contributed by atoms with van der Waals surface area (Å²) in [5.41, 5.74) is -1.41. The smallest absolute Gasteiger partial charge is 0.304 e. The van der Waals surface area contributed by atoms with Crippen molar-refractivity contribution in [1.82, 2.24) is 9.97 Å². The number of aromatic nitrogens is 2. The van der Waals surface area contributed by atoms with Crippen LogP contribution in [0, 0.1) is 5.82 Å². The molecule has 14 heavy (non-hydrogen) atoms. The highest BCUT2D eigenvalue weighted by Crippen LogP contribution is 2.20. The molecule has 2 N–H and O–H groups in total. The van der Waals surface area contributed by atoms with E-state index in [0.29, 0.717) is 0 Å². The van der Waals surface area contributed by atoms with Crippen molar-refractivity contribution in [2.24, 2.45) is 0 Å². The number of halogens is 2. The Balaban J connectivity index is 3.10. The summed E-state index contributed by atoms with van der Waals surface area (Å²) in [6, 6.07) is 2.84. The molecule has 1 aromatic heterocycles. The Labute approximate surface area is 84.9 Å². The van der Waals surface area contributed by atoms with Crippen LogP contribution in [-0.4, -0.2) is 9.97 Å². The number of H-pyrrole nitrogens is 2. The largest absolute Gasteiger partial charge is 0.326 e. The summed E-state index contributed by atoms with van der Waals surface area (Å²) in [7, 11) is 0. The van der Waals surface area contributed by atoms with Crippen LogP contribution in [0.4, 0.5) is 4.39 Å². The molecule has 0 bridgehead atoms. The molecule has 0 aliphatic carbocycles. The predicted octanol–water partition coefficient (Wildman–Crippen LogP) is 1.12. The molecule has 0 unspecified atom stereocenters. The van der Waals surface area contributed by atoms with E-state index < -0.39 is 17.1 Å². The second-order valence-electron chi connectivity index (χ2n) is 2.69. The summed E-state index contributed by atoms with van der Waals surface area (Å²) < 4.78 is 13.6. The van der Waals surface area contributed by atoms with E-state index in [1.165, 1.54) is 12.1 Å². The van der Waals surface area contributed by atoms with Crippen molar-refractivity contribution >= 4 is 26.8 Å². The molecule has 0 spiro atoms. The quantitative estimate of drug-likeness (QED) is 0.744. The van der Waals surface area contributed by atoms with Gasteiger partial charge in [0.1, 0.15) is 0 Å². The van der Waals surface area contributed by atoms with Gasteiger partial charge < -0.3 is 4.98 Å². The summed E-state index contributed by atoms with van der Waals surface area (Å²) >= 11 is 2.96. The van der Waals surface area contributed by atoms with Crippen LogP contribution < -0.4 is 11.2 Å². The van der Waals surface area contributed by atoms with Crippen LogP contribution in [0.5, 0.6) is 0 Å². The van der Waals surface area contributed by atoms with Crippen molar-refractivity contribution in [3.05, 3.63) is 43.3 Å². The molecule has 72 valence electrons. The fourth-order valence-corrected chi connectivity index (χ4v) is 1.51. The molecular weight excluding hydrogens is 255 g/mol. The van der Waals surface area contributed by atoms with Gasteiger partial charge in [-0.15, -0.1) is 0 Å². The molecule has 0 amide bonds. The van der Waals surface area contributed by atoms with E-state index in [9.17, 15) is 14.0 Å². The van der Waals surface area contributed by atoms with E-state index in [0.717, 1.165) is 0 Å². The lowest BCUT2D eigenvalue weighted by atomic mass is 10.2. The van der Waals surface area contributed by atoms with Gasteiger partial charge >= 0.3 is 5.69 Å². The van der Waals surface area contributed by atoms with Crippen LogP contribution in [0.15, 0.2) is 26.2 Å². The van der Waals surface area contributed by atoms with Crippen molar-refractivity contribution in [1.29, 1.82) is 0 Å². The van der Waals surface area contributed by atoms with Crippen LogP contribution in [0.25, 0.3) is 10.9 Å². The summed E-state index contributed by atoms with van der Waals surface area (Å²) in [6.45, 7) is 0. The summed E-state index contributed by atoms with van der Waals surface area (Å²) in [5, 5.41) is 0.116. The Hall–Kier alpha value is -1.43. The molecule has 1 aromatic carbocycles. The Morgan fingerprint density at radius 1 is 1.21 bits per heavy atom. The summed E-state index contributed by atoms with van der Waals surface area (Å²) in [4.78, 5) is 26.3. The standard InChI is InChI=1S/C8H4BrFN2O2/c9-4-2-1-3-6(5(4)10)11-8(14)12-7(3)13/h1-2H,(H2,11,12,13,14). The van der Waals surface area contributed by atoms with Gasteiger partial charge in [-0.05, 0) is 28.1 Å². The molecule has 2 aromatic rings. The highest BCUT2D eigenvalue weighted by atomic mass is 79.9. The van der Waals surface area contributed by atoms with E-state index in [-0.39, 0.29) is 15.4 Å². The minimum absolute atomic E-state index is 0.0897. The van der Waals surface area contributed by atoms with Crippen LogP contribution in [0.3, 0.4) is 0 Å². The molecular formula is C8H4BrFN2O2. The summed E-state index contributed by atoms with van der Waals surface area (Å²) in [5.74, 6) is -0.647. The van der Waals surface area contributed by atoms with Crippen LogP contribution in [-0.2, 0) is 0 Å². The highest BCUT2D eigenvalue weighted by Gasteiger charge is 2.08. The average molecular weight is 259 g/mol. The van der Waals surface area contributed by atoms with Crippen LogP contribution in [0.1, 0.15) is 0 Å². The van der Waals surface area contributed by atoms with Gasteiger partial charge in [0.2, 0.25) is 0 Å². The zero-order chi connectivity index (χ0) is 10.3. The van der Waals surface area contributed by atoms with E-state index in [1.807, 2.05) is 4.98 Å². The third-order valence-electron chi connectivity index (χ3n) is 1.81. The lowest BCUT2D eigenvalue weighted by Gasteiger charge is -1.99. The van der Waals surface area contributed by atoms with E-state index in [1.54, 1.807) is 0 Å². The first-order chi connectivity index (χ1) is 6.59. The van der Waals surface area contributed by atoms with Gasteiger partial charge in [0.15, 0.2) is 5.82 Å². The number of nitrogens with one attached hydrogen (secondary N) is 2. The topological polar surface area (TPSA) is 65.7 Å². The minimum atomic E-state index is -0.723. The lowest BCUT2D eigenvalue weighted by molar-refractivity contribution is 0.629. The van der Waals surface area contributed by atoms with Crippen molar-refractivity contribution in [3.63, 3.8) is 0 Å². The Kier molecular flexibility index (Phi) is 1.99. The molecule has 0 fully saturated rings. The normalized spacial score (nSPS) is 10.7. The molecule has 2 rings (SSSR count). The zero-order valence-corrected chi connectivity index (χ0v) is 8.31. The first-order valence-electron chi connectivity index (χ1n) is 3.70. The Morgan fingerprint density at radius 2 is 1.93 bits per heavy atom. The van der Waals surface area contributed by atoms with Crippen molar-refractivity contribution in [2.45, 2.75) is 0 Å². The Bertz CT molecular complexity index is 617. The van der Waals surface area contributed by atoms with Crippen LogP contribution >= 0.6 is 15.9 Å².